The number of unbranched alkanes of at least 4 members (excludes halogenated alkanes) is 2. The van der Waals surface area contributed by atoms with Gasteiger partial charge in [-0.3, -0.25) is 0 Å². The molecule has 0 aromatic carbocycles. The summed E-state index contributed by atoms with van der Waals surface area (Å²) in [5, 5.41) is 11.2. The van der Waals surface area contributed by atoms with Gasteiger partial charge in [-0.05, 0) is 12.8 Å². The smallest absolute Gasteiger partial charge is 0.183 e. The maximum absolute atomic E-state index is 11.2. The van der Waals surface area contributed by atoms with Gasteiger partial charge in [0, 0.05) is 20.6 Å². The number of hydrogen-bond donors (Lipinski definition) is 1. The monoisotopic (exact) mass is 348 g/mol. The zero-order valence-electron chi connectivity index (χ0n) is 12.5. The fraction of sp³-hybridized carbons (Fsp3) is 0.867. The lowest BCUT2D eigenvalue weighted by Gasteiger charge is -2.49. The number of allylic oxidation sites excluding steroid dienone is 1. The molecule has 0 aromatic rings. The Hall–Kier alpha value is 0.0600. The molecule has 20 heavy (non-hydrogen) atoms. The first-order valence-electron chi connectivity index (χ1n) is 7.28. The molecule has 0 radical (unpaired) electrons. The van der Waals surface area contributed by atoms with E-state index >= 15 is 0 Å². The predicted octanol–water partition coefficient (Wildman–Crippen LogP) is 2.78. The summed E-state index contributed by atoms with van der Waals surface area (Å²) < 4.78 is 16.8. The van der Waals surface area contributed by atoms with Crippen molar-refractivity contribution in [3.63, 3.8) is 0 Å². The first kappa shape index (κ1) is 16.4. The summed E-state index contributed by atoms with van der Waals surface area (Å²) >= 11 is 3.61. The maximum Gasteiger partial charge on any atom is 0.183 e. The Morgan fingerprint density at radius 3 is 2.50 bits per heavy atom. The van der Waals surface area contributed by atoms with Crippen LogP contribution < -0.4 is 0 Å². The highest BCUT2D eigenvalue weighted by Gasteiger charge is 2.70. The van der Waals surface area contributed by atoms with Gasteiger partial charge in [-0.1, -0.05) is 47.8 Å². The van der Waals surface area contributed by atoms with E-state index in [9.17, 15) is 5.11 Å². The van der Waals surface area contributed by atoms with Crippen molar-refractivity contribution >= 4 is 15.9 Å². The van der Waals surface area contributed by atoms with Crippen molar-refractivity contribution in [2.75, 3.05) is 20.8 Å². The Kier molecular flexibility index (Phi) is 4.97. The molecule has 1 heterocycles. The first-order chi connectivity index (χ1) is 9.50. The highest BCUT2D eigenvalue weighted by molar-refractivity contribution is 9.09. The molecule has 1 saturated heterocycles. The van der Waals surface area contributed by atoms with Crippen molar-refractivity contribution < 1.29 is 19.3 Å². The number of epoxide rings is 1. The van der Waals surface area contributed by atoms with Crippen molar-refractivity contribution in [1.29, 1.82) is 0 Å². The van der Waals surface area contributed by atoms with Gasteiger partial charge in [-0.15, -0.1) is 0 Å². The third-order valence-corrected chi connectivity index (χ3v) is 6.06. The Labute approximate surface area is 129 Å². The van der Waals surface area contributed by atoms with Crippen molar-refractivity contribution in [3.8, 4) is 0 Å². The first-order valence-corrected chi connectivity index (χ1v) is 8.20. The summed E-state index contributed by atoms with van der Waals surface area (Å²) in [4.78, 5) is -0.369. The second-order valence-electron chi connectivity index (χ2n) is 5.74. The molecule has 1 saturated carbocycles. The van der Waals surface area contributed by atoms with Gasteiger partial charge in [0.25, 0.3) is 0 Å². The van der Waals surface area contributed by atoms with Crippen molar-refractivity contribution in [2.24, 2.45) is 0 Å². The number of alkyl halides is 1. The molecule has 2 rings (SSSR count). The zero-order valence-corrected chi connectivity index (χ0v) is 14.1. The molecule has 116 valence electrons. The number of hydrogen-bond acceptors (Lipinski definition) is 4. The average Bonchev–Trinajstić information content (AvgIpc) is 3.25. The van der Waals surface area contributed by atoms with Gasteiger partial charge >= 0.3 is 0 Å². The minimum atomic E-state index is -1.11. The molecule has 1 aliphatic heterocycles. The molecule has 4 nitrogen and oxygen atoms in total. The largest absolute Gasteiger partial charge is 0.381 e. The fourth-order valence-electron chi connectivity index (χ4n) is 3.05. The molecule has 3 unspecified atom stereocenters. The molecule has 0 bridgehead atoms. The van der Waals surface area contributed by atoms with E-state index in [1.54, 1.807) is 14.2 Å². The maximum atomic E-state index is 11.2. The molecular formula is C15H25BrO4. The summed E-state index contributed by atoms with van der Waals surface area (Å²) in [6.45, 7) is 2.75. The molecule has 3 atom stereocenters. The van der Waals surface area contributed by atoms with Gasteiger partial charge in [-0.2, -0.15) is 0 Å². The fourth-order valence-corrected chi connectivity index (χ4v) is 4.22. The van der Waals surface area contributed by atoms with Crippen LogP contribution >= 0.6 is 15.9 Å². The van der Waals surface area contributed by atoms with Gasteiger partial charge < -0.3 is 19.3 Å². The van der Waals surface area contributed by atoms with Crippen LogP contribution in [0.3, 0.4) is 0 Å². The summed E-state index contributed by atoms with van der Waals surface area (Å²) in [5.41, 5.74) is -1.59. The third kappa shape index (κ3) is 2.48. The molecule has 5 heteroatoms. The van der Waals surface area contributed by atoms with E-state index in [-0.39, 0.29) is 4.83 Å². The van der Waals surface area contributed by atoms with Crippen LogP contribution in [0, 0.1) is 0 Å². The SMILES string of the molecule is CCCC/C=C/C1(O)C(Br)C(OC)(OC)CCC12CO2. The van der Waals surface area contributed by atoms with Crippen LogP contribution in [-0.2, 0) is 14.2 Å². The van der Waals surface area contributed by atoms with Gasteiger partial charge in [-0.25, -0.2) is 0 Å². The van der Waals surface area contributed by atoms with E-state index in [1.165, 1.54) is 0 Å². The lowest BCUT2D eigenvalue weighted by Crippen LogP contribution is -2.65. The van der Waals surface area contributed by atoms with E-state index in [2.05, 4.69) is 22.9 Å². The highest BCUT2D eigenvalue weighted by atomic mass is 79.9. The van der Waals surface area contributed by atoms with Crippen molar-refractivity contribution in [3.05, 3.63) is 12.2 Å². The summed E-state index contributed by atoms with van der Waals surface area (Å²) in [7, 11) is 3.23. The van der Waals surface area contributed by atoms with E-state index in [1.807, 2.05) is 12.2 Å². The number of rotatable bonds is 6. The van der Waals surface area contributed by atoms with Crippen molar-refractivity contribution in [1.82, 2.24) is 0 Å². The normalized spacial score (nSPS) is 39.5. The second kappa shape index (κ2) is 6.05. The summed E-state index contributed by atoms with van der Waals surface area (Å²) in [5.74, 6) is -0.818. The molecular weight excluding hydrogens is 324 g/mol. The van der Waals surface area contributed by atoms with Gasteiger partial charge in [0.15, 0.2) is 5.79 Å². The molecule has 1 N–H and O–H groups in total. The van der Waals surface area contributed by atoms with Crippen LogP contribution in [0.15, 0.2) is 12.2 Å². The number of aliphatic hydroxyl groups is 1. The summed E-state index contributed by atoms with van der Waals surface area (Å²) in [6, 6.07) is 0. The van der Waals surface area contributed by atoms with Gasteiger partial charge in [0.05, 0.1) is 6.61 Å². The molecule has 2 aliphatic rings. The van der Waals surface area contributed by atoms with Gasteiger partial charge in [0.1, 0.15) is 16.0 Å². The minimum Gasteiger partial charge on any atom is -0.381 e. The van der Waals surface area contributed by atoms with Crippen molar-refractivity contribution in [2.45, 2.75) is 60.8 Å². The molecule has 0 amide bonds. The standard InChI is InChI=1S/C15H25BrO4/c1-4-5-6-7-8-14(17)12(16)15(18-2,19-3)10-9-13(14)11-20-13/h7-8,12,17H,4-6,9-11H2,1-3H3/b8-7+. The molecule has 1 aliphatic carbocycles. The topological polar surface area (TPSA) is 51.2 Å². The molecule has 0 aromatic heterocycles. The Morgan fingerprint density at radius 1 is 1.35 bits per heavy atom. The number of methoxy groups -OCH3 is 2. The Bertz CT molecular complexity index is 363. The van der Waals surface area contributed by atoms with Crippen LogP contribution in [-0.4, -0.2) is 47.7 Å². The van der Waals surface area contributed by atoms with Crippen LogP contribution in [0.5, 0.6) is 0 Å². The highest BCUT2D eigenvalue weighted by Crippen LogP contribution is 2.55. The van der Waals surface area contributed by atoms with E-state index < -0.39 is 17.0 Å². The number of halogens is 1. The Morgan fingerprint density at radius 2 is 2.00 bits per heavy atom. The molecule has 2 fully saturated rings. The van der Waals surface area contributed by atoms with E-state index in [0.717, 1.165) is 25.7 Å². The third-order valence-electron chi connectivity index (χ3n) is 4.66. The van der Waals surface area contributed by atoms with Crippen LogP contribution in [0.2, 0.25) is 0 Å². The minimum absolute atomic E-state index is 0.369. The van der Waals surface area contributed by atoms with Crippen LogP contribution in [0.25, 0.3) is 0 Å². The van der Waals surface area contributed by atoms with E-state index in [0.29, 0.717) is 13.0 Å². The summed E-state index contributed by atoms with van der Waals surface area (Å²) in [6.07, 6.45) is 8.56. The second-order valence-corrected chi connectivity index (χ2v) is 6.65. The van der Waals surface area contributed by atoms with Crippen LogP contribution in [0.4, 0.5) is 0 Å². The average molecular weight is 349 g/mol. The predicted molar refractivity (Wildman–Crippen MR) is 81.0 cm³/mol. The number of ether oxygens (including phenoxy) is 3. The zero-order chi connectivity index (χ0) is 14.9. The van der Waals surface area contributed by atoms with Crippen LogP contribution in [0.1, 0.15) is 39.0 Å². The lowest BCUT2D eigenvalue weighted by atomic mass is 9.72. The lowest BCUT2D eigenvalue weighted by molar-refractivity contribution is -0.251. The molecule has 1 spiro atoms. The van der Waals surface area contributed by atoms with Gasteiger partial charge in [0.2, 0.25) is 0 Å². The quantitative estimate of drug-likeness (QED) is 0.263. The Balaban J connectivity index is 2.23. The van der Waals surface area contributed by atoms with E-state index in [4.69, 9.17) is 14.2 Å².